The quantitative estimate of drug-likeness (QED) is 0.125. The van der Waals surface area contributed by atoms with Crippen molar-refractivity contribution in [3.8, 4) is 5.75 Å². The van der Waals surface area contributed by atoms with Gasteiger partial charge in [-0.15, -0.1) is 5.06 Å². The number of imide groups is 1. The summed E-state index contributed by atoms with van der Waals surface area (Å²) in [6, 6.07) is 12.5. The Balaban J connectivity index is 1.41. The number of piperidine rings is 1. The molecule has 0 aromatic heterocycles. The number of benzene rings is 3. The van der Waals surface area contributed by atoms with Gasteiger partial charge in [-0.1, -0.05) is 18.2 Å². The van der Waals surface area contributed by atoms with E-state index in [1.807, 2.05) is 12.1 Å². The van der Waals surface area contributed by atoms with Gasteiger partial charge in [-0.25, -0.2) is 13.2 Å². The predicted molar refractivity (Wildman–Crippen MR) is 151 cm³/mol. The molecule has 3 aromatic carbocycles. The fourth-order valence-corrected chi connectivity index (χ4v) is 5.60. The first-order chi connectivity index (χ1) is 19.7. The minimum absolute atomic E-state index is 0.0258. The normalized spacial score (nSPS) is 16.9. The molecule has 0 bridgehead atoms. The maximum atomic E-state index is 14.3. The number of hydroxylamine groups is 2. The number of rotatable bonds is 8. The lowest BCUT2D eigenvalue weighted by Crippen LogP contribution is -2.41. The van der Waals surface area contributed by atoms with E-state index in [1.54, 1.807) is 31.4 Å². The first kappa shape index (κ1) is 28.8. The Kier molecular flexibility index (Phi) is 8.45. The smallest absolute Gasteiger partial charge is 0.285 e. The maximum Gasteiger partial charge on any atom is 0.285 e. The Morgan fingerprint density at radius 2 is 1.61 bits per heavy atom. The zero-order valence-corrected chi connectivity index (χ0v) is 24.0. The molecule has 2 aliphatic rings. The van der Waals surface area contributed by atoms with Crippen LogP contribution >= 0.6 is 22.6 Å². The number of hydrogen-bond acceptors (Lipinski definition) is 5. The van der Waals surface area contributed by atoms with Crippen LogP contribution in [0.3, 0.4) is 0 Å². The van der Waals surface area contributed by atoms with E-state index in [9.17, 15) is 27.6 Å². The molecule has 1 fully saturated rings. The van der Waals surface area contributed by atoms with Crippen LogP contribution in [-0.2, 0) is 9.63 Å². The highest BCUT2D eigenvalue weighted by Gasteiger charge is 2.37. The number of fused-ring (bicyclic) bond motifs is 1. The number of halogens is 4. The average Bonchev–Trinajstić information content (AvgIpc) is 3.21. The molecule has 41 heavy (non-hydrogen) atoms. The van der Waals surface area contributed by atoms with Crippen molar-refractivity contribution in [1.82, 2.24) is 9.96 Å². The lowest BCUT2D eigenvalue weighted by Gasteiger charge is -2.36. The summed E-state index contributed by atoms with van der Waals surface area (Å²) in [5, 5.41) is 0.640. The predicted octanol–water partition coefficient (Wildman–Crippen LogP) is 6.08. The van der Waals surface area contributed by atoms with Gasteiger partial charge < -0.3 is 9.64 Å². The van der Waals surface area contributed by atoms with Crippen molar-refractivity contribution >= 4 is 46.4 Å². The van der Waals surface area contributed by atoms with Gasteiger partial charge in [-0.05, 0) is 95.5 Å². The van der Waals surface area contributed by atoms with Crippen LogP contribution in [0.4, 0.5) is 13.2 Å². The van der Waals surface area contributed by atoms with E-state index in [1.165, 1.54) is 17.0 Å². The van der Waals surface area contributed by atoms with Crippen molar-refractivity contribution in [3.05, 3.63) is 103 Å². The zero-order chi connectivity index (χ0) is 29.3. The van der Waals surface area contributed by atoms with Crippen LogP contribution in [0.15, 0.2) is 60.2 Å². The van der Waals surface area contributed by atoms with Gasteiger partial charge in [-0.3, -0.25) is 19.2 Å². The Bertz CT molecular complexity index is 1520. The molecule has 7 nitrogen and oxygen atoms in total. The van der Waals surface area contributed by atoms with Crippen LogP contribution in [0.5, 0.6) is 5.75 Å². The standard InChI is InChI=1S/C30H24F3IN2O5/c1-40-26-14-17(8-9-24(26)34)13-18-5-4-11-35(28(18)37)25(19-15-22(31)27(33)23(32)16-19)10-12-41-36-29(38)20-6-2-3-7-21(20)30(36)39/h2-3,6-9,13-16,25H,4-5,10-12H2,1H3. The second-order valence-corrected chi connectivity index (χ2v) is 10.7. The zero-order valence-electron chi connectivity index (χ0n) is 21.8. The lowest BCUT2D eigenvalue weighted by atomic mass is 9.95. The topological polar surface area (TPSA) is 76.2 Å². The summed E-state index contributed by atoms with van der Waals surface area (Å²) >= 11 is 2.14. The average molecular weight is 676 g/mol. The number of carbonyl (C=O) groups excluding carboxylic acids is 3. The van der Waals surface area contributed by atoms with Gasteiger partial charge >= 0.3 is 0 Å². The highest BCUT2D eigenvalue weighted by atomic mass is 127. The first-order valence-electron chi connectivity index (χ1n) is 12.8. The molecule has 1 saturated heterocycles. The largest absolute Gasteiger partial charge is 0.496 e. The van der Waals surface area contributed by atoms with E-state index in [2.05, 4.69) is 22.6 Å². The van der Waals surface area contributed by atoms with Gasteiger partial charge in [0.05, 0.1) is 34.5 Å². The molecule has 0 aliphatic carbocycles. The summed E-state index contributed by atoms with van der Waals surface area (Å²) in [5.41, 5.74) is 1.65. The van der Waals surface area contributed by atoms with Crippen LogP contribution in [0.2, 0.25) is 0 Å². The van der Waals surface area contributed by atoms with Crippen LogP contribution in [-0.4, -0.2) is 47.9 Å². The molecular weight excluding hydrogens is 652 g/mol. The monoisotopic (exact) mass is 676 g/mol. The molecule has 1 atom stereocenters. The third-order valence-electron chi connectivity index (χ3n) is 7.03. The third-order valence-corrected chi connectivity index (χ3v) is 7.92. The number of amides is 3. The lowest BCUT2D eigenvalue weighted by molar-refractivity contribution is -0.133. The number of carbonyl (C=O) groups is 3. The van der Waals surface area contributed by atoms with E-state index in [4.69, 9.17) is 9.57 Å². The minimum Gasteiger partial charge on any atom is -0.496 e. The van der Waals surface area contributed by atoms with Crippen LogP contribution in [0, 0.1) is 21.0 Å². The summed E-state index contributed by atoms with van der Waals surface area (Å²) in [4.78, 5) is 46.0. The summed E-state index contributed by atoms with van der Waals surface area (Å²) in [7, 11) is 1.55. The number of ether oxygens (including phenoxy) is 1. The molecule has 0 radical (unpaired) electrons. The number of hydrogen-bond donors (Lipinski definition) is 0. The summed E-state index contributed by atoms with van der Waals surface area (Å²) in [6.45, 7) is 0.0262. The molecule has 2 heterocycles. The molecule has 3 aromatic rings. The number of nitrogens with zero attached hydrogens (tertiary/aromatic N) is 2. The van der Waals surface area contributed by atoms with Crippen molar-refractivity contribution in [2.45, 2.75) is 25.3 Å². The molecule has 212 valence electrons. The number of likely N-dealkylation sites (tertiary alicyclic amines) is 1. The summed E-state index contributed by atoms with van der Waals surface area (Å²) in [6.07, 6.45) is 2.76. The highest BCUT2D eigenvalue weighted by Crippen LogP contribution is 2.34. The van der Waals surface area contributed by atoms with Crippen molar-refractivity contribution in [2.24, 2.45) is 0 Å². The molecule has 5 rings (SSSR count). The fourth-order valence-electron chi connectivity index (χ4n) is 5.04. The van der Waals surface area contributed by atoms with Crippen molar-refractivity contribution in [1.29, 1.82) is 0 Å². The third kappa shape index (κ3) is 5.73. The van der Waals surface area contributed by atoms with Gasteiger partial charge in [0.15, 0.2) is 17.5 Å². The fraction of sp³-hybridized carbons (Fsp3) is 0.233. The molecule has 11 heteroatoms. The summed E-state index contributed by atoms with van der Waals surface area (Å²) < 4.78 is 48.6. The van der Waals surface area contributed by atoms with E-state index in [-0.39, 0.29) is 42.2 Å². The maximum absolute atomic E-state index is 14.3. The SMILES string of the molecule is COc1cc(C=C2CCCN(C(CCON3C(=O)c4ccccc4C3=O)c3cc(F)c(F)c(F)c3)C2=O)ccc1I. The van der Waals surface area contributed by atoms with Crippen molar-refractivity contribution in [2.75, 3.05) is 20.3 Å². The van der Waals surface area contributed by atoms with Gasteiger partial charge in [0.25, 0.3) is 11.8 Å². The van der Waals surface area contributed by atoms with Crippen LogP contribution in [0.1, 0.15) is 57.1 Å². The Labute approximate surface area is 247 Å². The first-order valence-corrected chi connectivity index (χ1v) is 13.9. The van der Waals surface area contributed by atoms with Crippen LogP contribution < -0.4 is 4.74 Å². The second kappa shape index (κ2) is 12.0. The Morgan fingerprint density at radius 3 is 2.24 bits per heavy atom. The molecule has 2 aliphatic heterocycles. The molecule has 0 N–H and O–H groups in total. The van der Waals surface area contributed by atoms with E-state index >= 15 is 0 Å². The Morgan fingerprint density at radius 1 is 0.951 bits per heavy atom. The highest BCUT2D eigenvalue weighted by molar-refractivity contribution is 14.1. The molecule has 3 amide bonds. The summed E-state index contributed by atoms with van der Waals surface area (Å²) in [5.74, 6) is -5.37. The van der Waals surface area contributed by atoms with Gasteiger partial charge in [0, 0.05) is 12.1 Å². The van der Waals surface area contributed by atoms with Crippen LogP contribution in [0.25, 0.3) is 6.08 Å². The van der Waals surface area contributed by atoms with Gasteiger partial charge in [0.1, 0.15) is 5.75 Å². The van der Waals surface area contributed by atoms with Gasteiger partial charge in [0.2, 0.25) is 5.91 Å². The molecule has 0 spiro atoms. The molecule has 1 unspecified atom stereocenters. The van der Waals surface area contributed by atoms with E-state index < -0.39 is 35.3 Å². The minimum atomic E-state index is -1.62. The molecular formula is C30H24F3IN2O5. The Hall–Kier alpha value is -3.71. The van der Waals surface area contributed by atoms with Crippen molar-refractivity contribution in [3.63, 3.8) is 0 Å². The second-order valence-electron chi connectivity index (χ2n) is 9.55. The van der Waals surface area contributed by atoms with Crippen molar-refractivity contribution < 1.29 is 37.1 Å². The number of methoxy groups -OCH3 is 1. The van der Waals surface area contributed by atoms with Gasteiger partial charge in [-0.2, -0.15) is 0 Å². The molecule has 0 saturated carbocycles. The van der Waals surface area contributed by atoms with E-state index in [0.29, 0.717) is 29.2 Å². The van der Waals surface area contributed by atoms with E-state index in [0.717, 1.165) is 21.3 Å².